The number of hydrogen-bond donors (Lipinski definition) is 1. The predicted molar refractivity (Wildman–Crippen MR) is 184 cm³/mol. The molecule has 1 amide bonds. The van der Waals surface area contributed by atoms with Gasteiger partial charge in [-0.25, -0.2) is 15.0 Å². The minimum absolute atomic E-state index is 0.0253. The van der Waals surface area contributed by atoms with E-state index in [2.05, 4.69) is 62.1 Å². The molecule has 1 N–H and O–H groups in total. The van der Waals surface area contributed by atoms with Crippen LogP contribution < -0.4 is 14.9 Å². The van der Waals surface area contributed by atoms with E-state index < -0.39 is 13.7 Å². The fraction of sp³-hybridized carbons (Fsp3) is 0.455. The summed E-state index contributed by atoms with van der Waals surface area (Å²) in [4.78, 5) is 40.8. The molecular weight excluding hydrogens is 597 g/mol. The van der Waals surface area contributed by atoms with Crippen molar-refractivity contribution in [1.82, 2.24) is 19.9 Å². The van der Waals surface area contributed by atoms with Crippen molar-refractivity contribution in [3.05, 3.63) is 53.3 Å². The van der Waals surface area contributed by atoms with Gasteiger partial charge in [-0.15, -0.1) is 0 Å². The Kier molecular flexibility index (Phi) is 10.2. The number of rotatable bonds is 12. The Balaban J connectivity index is 1.67. The van der Waals surface area contributed by atoms with Gasteiger partial charge in [0.2, 0.25) is 17.7 Å². The van der Waals surface area contributed by atoms with Crippen molar-refractivity contribution >= 4 is 45.1 Å². The number of aryl methyl sites for hydroxylation is 1. The highest BCUT2D eigenvalue weighted by Crippen LogP contribution is 2.46. The van der Waals surface area contributed by atoms with Crippen LogP contribution in [-0.2, 0) is 25.9 Å². The van der Waals surface area contributed by atoms with E-state index in [-0.39, 0.29) is 10.9 Å². The standard InChI is InChI=1S/C33H43BN7O4Si/c1-32(2,3)46(8,9)45-20-33(4)19-41(34-21-42)29-23(18-35)16-22(17-25(29)33)26-14-15-36-31(38-26)39-27-12-10-24(37-30(27)44-7)11-13-28(43)40(5)6/h10,12,14-17,21H,11,13,19-20H2,1-9H3,(H,36,38,39)/t33-/m1/s1. The van der Waals surface area contributed by atoms with Crippen molar-refractivity contribution in [3.8, 4) is 23.2 Å². The topological polar surface area (TPSA) is 134 Å². The molecule has 11 nitrogen and oxygen atoms in total. The molecule has 0 unspecified atom stereocenters. The molecule has 3 heterocycles. The van der Waals surface area contributed by atoms with Crippen LogP contribution >= 0.6 is 0 Å². The second-order valence-corrected chi connectivity index (χ2v) is 18.4. The van der Waals surface area contributed by atoms with E-state index in [0.717, 1.165) is 28.7 Å². The Morgan fingerprint density at radius 2 is 1.98 bits per heavy atom. The van der Waals surface area contributed by atoms with E-state index in [0.29, 0.717) is 54.8 Å². The van der Waals surface area contributed by atoms with Crippen LogP contribution in [0.3, 0.4) is 0 Å². The number of ether oxygens (including phenoxy) is 1. The Morgan fingerprint density at radius 1 is 1.24 bits per heavy atom. The van der Waals surface area contributed by atoms with Crippen LogP contribution in [-0.4, -0.2) is 82.0 Å². The van der Waals surface area contributed by atoms with Crippen LogP contribution in [0.15, 0.2) is 36.5 Å². The number of amides is 1. The summed E-state index contributed by atoms with van der Waals surface area (Å²) in [6, 6.07) is 11.6. The molecule has 0 fully saturated rings. The van der Waals surface area contributed by atoms with Gasteiger partial charge in [0, 0.05) is 62.2 Å². The van der Waals surface area contributed by atoms with Crippen LogP contribution in [0.2, 0.25) is 18.1 Å². The number of carbonyl (C=O) groups excluding carboxylic acids is 2. The lowest BCUT2D eigenvalue weighted by atomic mass is 9.83. The maximum atomic E-state index is 12.0. The third-order valence-electron chi connectivity index (χ3n) is 8.89. The molecule has 0 spiro atoms. The van der Waals surface area contributed by atoms with Gasteiger partial charge in [0.15, 0.2) is 8.32 Å². The summed E-state index contributed by atoms with van der Waals surface area (Å²) in [5.74, 6) is 0.710. The second-order valence-electron chi connectivity index (χ2n) is 13.6. The van der Waals surface area contributed by atoms with Crippen LogP contribution in [0, 0.1) is 11.3 Å². The van der Waals surface area contributed by atoms with Gasteiger partial charge < -0.3 is 29.0 Å². The third-order valence-corrected chi connectivity index (χ3v) is 13.4. The summed E-state index contributed by atoms with van der Waals surface area (Å²) in [5, 5.41) is 13.5. The molecule has 46 heavy (non-hydrogen) atoms. The van der Waals surface area contributed by atoms with E-state index in [1.54, 1.807) is 37.3 Å². The first-order valence-electron chi connectivity index (χ1n) is 15.2. The largest absolute Gasteiger partial charge is 0.480 e. The average molecular weight is 641 g/mol. The molecule has 241 valence electrons. The number of nitrogens with zero attached hydrogens (tertiary/aromatic N) is 6. The first-order valence-corrected chi connectivity index (χ1v) is 18.2. The second kappa shape index (κ2) is 13.6. The van der Waals surface area contributed by atoms with Crippen molar-refractivity contribution in [1.29, 1.82) is 5.26 Å². The molecule has 1 aliphatic heterocycles. The number of aromatic nitrogens is 3. The molecule has 13 heteroatoms. The van der Waals surface area contributed by atoms with E-state index >= 15 is 0 Å². The summed E-state index contributed by atoms with van der Waals surface area (Å²) < 4.78 is 12.2. The number of fused-ring (bicyclic) bond motifs is 1. The van der Waals surface area contributed by atoms with E-state index in [1.807, 2.05) is 23.0 Å². The monoisotopic (exact) mass is 640 g/mol. The number of benzene rings is 1. The molecule has 0 saturated heterocycles. The van der Waals surface area contributed by atoms with Gasteiger partial charge in [-0.1, -0.05) is 27.7 Å². The number of nitriles is 1. The maximum Gasteiger partial charge on any atom is 0.329 e. The van der Waals surface area contributed by atoms with E-state index in [9.17, 15) is 14.9 Å². The van der Waals surface area contributed by atoms with Crippen LogP contribution in [0.25, 0.3) is 11.3 Å². The smallest absolute Gasteiger partial charge is 0.329 e. The SMILES string of the molecule is COc1nc(CCC(=O)N(C)C)ccc1Nc1nccc(-c2cc(C#N)c3c(c2)[C@@](C)(CO[Si](C)(C)C(C)(C)C)CN3[B]C=O)n1. The van der Waals surface area contributed by atoms with Crippen molar-refractivity contribution in [2.24, 2.45) is 0 Å². The van der Waals surface area contributed by atoms with Gasteiger partial charge >= 0.3 is 7.41 Å². The third kappa shape index (κ3) is 7.40. The summed E-state index contributed by atoms with van der Waals surface area (Å²) in [7, 11) is 4.39. The fourth-order valence-corrected chi connectivity index (χ4v) is 6.20. The maximum absolute atomic E-state index is 12.0. The van der Waals surface area contributed by atoms with Crippen molar-refractivity contribution in [2.75, 3.05) is 44.5 Å². The first-order chi connectivity index (χ1) is 21.6. The number of methoxy groups -OCH3 is 1. The Labute approximate surface area is 273 Å². The number of nitrogens with one attached hydrogen (secondary N) is 1. The highest BCUT2D eigenvalue weighted by molar-refractivity contribution is 6.74. The highest BCUT2D eigenvalue weighted by atomic mass is 28.4. The lowest BCUT2D eigenvalue weighted by Crippen LogP contribution is -2.46. The number of anilines is 3. The highest BCUT2D eigenvalue weighted by Gasteiger charge is 2.44. The van der Waals surface area contributed by atoms with Gasteiger partial charge in [-0.2, -0.15) is 5.26 Å². The van der Waals surface area contributed by atoms with Crippen molar-refractivity contribution < 1.29 is 18.8 Å². The molecular formula is C33H43BN7O4Si. The summed E-state index contributed by atoms with van der Waals surface area (Å²) in [5.41, 5.74) is 4.30. The van der Waals surface area contributed by atoms with Gasteiger partial charge in [0.1, 0.15) is 17.9 Å². The van der Waals surface area contributed by atoms with Crippen LogP contribution in [0.1, 0.15) is 50.9 Å². The van der Waals surface area contributed by atoms with Crippen LogP contribution in [0.5, 0.6) is 5.88 Å². The number of pyridine rings is 1. The number of carbonyl (C=O) groups is 2. The molecule has 3 aromatic rings. The van der Waals surface area contributed by atoms with Crippen LogP contribution in [0.4, 0.5) is 17.3 Å². The summed E-state index contributed by atoms with van der Waals surface area (Å²) in [6.45, 7) is 14.1. The zero-order chi connectivity index (χ0) is 33.9. The fourth-order valence-electron chi connectivity index (χ4n) is 5.09. The Hall–Kier alpha value is -4.28. The van der Waals surface area contributed by atoms with Crippen molar-refractivity contribution in [2.45, 2.75) is 64.1 Å². The van der Waals surface area contributed by atoms with Crippen molar-refractivity contribution in [3.63, 3.8) is 0 Å². The normalized spacial score (nSPS) is 16.0. The van der Waals surface area contributed by atoms with Gasteiger partial charge in [0.25, 0.3) is 0 Å². The Bertz CT molecular complexity index is 1650. The van der Waals surface area contributed by atoms with Gasteiger partial charge in [-0.05, 0) is 60.4 Å². The molecule has 1 radical (unpaired) electrons. The van der Waals surface area contributed by atoms with E-state index in [4.69, 9.17) is 14.1 Å². The first kappa shape index (κ1) is 34.6. The molecule has 2 aromatic heterocycles. The lowest BCUT2D eigenvalue weighted by Gasteiger charge is -2.39. The number of hydrogen-bond acceptors (Lipinski definition) is 10. The molecule has 0 aliphatic carbocycles. The molecule has 1 aliphatic rings. The minimum Gasteiger partial charge on any atom is -0.480 e. The molecule has 1 atom stereocenters. The molecule has 1 aromatic carbocycles. The predicted octanol–water partition coefficient (Wildman–Crippen LogP) is 5.09. The van der Waals surface area contributed by atoms with E-state index in [1.165, 1.54) is 14.5 Å². The Morgan fingerprint density at radius 3 is 2.61 bits per heavy atom. The molecule has 4 rings (SSSR count). The van der Waals surface area contributed by atoms with Gasteiger partial charge in [0.05, 0.1) is 18.4 Å². The zero-order valence-corrected chi connectivity index (χ0v) is 29.3. The quantitative estimate of drug-likeness (QED) is 0.211. The molecule has 0 saturated carbocycles. The zero-order valence-electron chi connectivity index (χ0n) is 28.3. The average Bonchev–Trinajstić information content (AvgIpc) is 3.30. The summed E-state index contributed by atoms with van der Waals surface area (Å²) >= 11 is 0. The van der Waals surface area contributed by atoms with Gasteiger partial charge in [-0.3, -0.25) is 4.79 Å². The minimum atomic E-state index is -2.08. The summed E-state index contributed by atoms with van der Waals surface area (Å²) in [6.07, 6.45) is 3.23. The molecule has 0 bridgehead atoms. The lowest BCUT2D eigenvalue weighted by molar-refractivity contribution is -0.128.